The Morgan fingerprint density at radius 1 is 1.83 bits per heavy atom. The van der Waals surface area contributed by atoms with Gasteiger partial charge >= 0.3 is 0 Å². The van der Waals surface area contributed by atoms with Gasteiger partial charge in [-0.25, -0.2) is 4.98 Å². The first-order chi connectivity index (χ1) is 5.79. The van der Waals surface area contributed by atoms with E-state index in [-0.39, 0.29) is 0 Å². The Labute approximate surface area is 75.3 Å². The van der Waals surface area contributed by atoms with Crippen molar-refractivity contribution in [2.45, 2.75) is 6.92 Å². The summed E-state index contributed by atoms with van der Waals surface area (Å²) in [6.07, 6.45) is 4.93. The molecule has 66 valence electrons. The quantitative estimate of drug-likeness (QED) is 0.428. The highest BCUT2D eigenvalue weighted by Crippen LogP contribution is 2.07. The Bertz CT molecular complexity index is 282. The average Bonchev–Trinajstić information content (AvgIpc) is 2.47. The van der Waals surface area contributed by atoms with E-state index in [4.69, 9.17) is 0 Å². The van der Waals surface area contributed by atoms with Gasteiger partial charge in [0.2, 0.25) is 0 Å². The molecule has 0 aliphatic heterocycles. The van der Waals surface area contributed by atoms with Crippen molar-refractivity contribution >= 4 is 16.8 Å². The van der Waals surface area contributed by atoms with Gasteiger partial charge in [-0.1, -0.05) is 0 Å². The van der Waals surface area contributed by atoms with Crippen molar-refractivity contribution in [2.75, 3.05) is 12.8 Å². The lowest BCUT2D eigenvalue weighted by atomic mass is 10.6. The smallest absolute Gasteiger partial charge is 0.200 e. The van der Waals surface area contributed by atoms with Crippen LogP contribution in [0.5, 0.6) is 0 Å². The summed E-state index contributed by atoms with van der Waals surface area (Å²) in [5.41, 5.74) is 0. The fraction of sp³-hybridized carbons (Fsp3) is 0.429. The second kappa shape index (κ2) is 4.15. The highest BCUT2D eigenvalue weighted by molar-refractivity contribution is 8.13. The Balaban J connectivity index is 2.95. The SMILES string of the molecule is CCN=C(SC)c1nccn1O. The Morgan fingerprint density at radius 2 is 2.58 bits per heavy atom. The number of rotatable bonds is 2. The van der Waals surface area contributed by atoms with E-state index in [1.807, 2.05) is 13.2 Å². The Hall–Kier alpha value is -0.970. The van der Waals surface area contributed by atoms with Crippen molar-refractivity contribution in [1.29, 1.82) is 0 Å². The summed E-state index contributed by atoms with van der Waals surface area (Å²) in [6.45, 7) is 2.64. The number of thioether (sulfide) groups is 1. The largest absolute Gasteiger partial charge is 0.427 e. The fourth-order valence-corrected chi connectivity index (χ4v) is 1.41. The molecular formula is C7H11N3OS. The first-order valence-electron chi connectivity index (χ1n) is 3.61. The molecule has 0 saturated heterocycles. The van der Waals surface area contributed by atoms with Crippen LogP contribution < -0.4 is 0 Å². The highest BCUT2D eigenvalue weighted by Gasteiger charge is 2.07. The first-order valence-corrected chi connectivity index (χ1v) is 4.83. The van der Waals surface area contributed by atoms with Crippen LogP contribution in [0.1, 0.15) is 12.7 Å². The van der Waals surface area contributed by atoms with Crippen LogP contribution in [0.2, 0.25) is 0 Å². The third kappa shape index (κ3) is 1.79. The van der Waals surface area contributed by atoms with Gasteiger partial charge in [0, 0.05) is 12.7 Å². The van der Waals surface area contributed by atoms with Crippen molar-refractivity contribution in [3.8, 4) is 0 Å². The number of hydrogen-bond acceptors (Lipinski definition) is 4. The molecule has 12 heavy (non-hydrogen) atoms. The predicted octanol–water partition coefficient (Wildman–Crippen LogP) is 1.25. The molecule has 4 nitrogen and oxygen atoms in total. The minimum Gasteiger partial charge on any atom is -0.427 e. The molecule has 0 amide bonds. The molecule has 0 saturated carbocycles. The van der Waals surface area contributed by atoms with Crippen molar-refractivity contribution in [1.82, 2.24) is 9.71 Å². The molecule has 0 unspecified atom stereocenters. The lowest BCUT2D eigenvalue weighted by Gasteiger charge is -2.00. The molecule has 0 aliphatic rings. The highest BCUT2D eigenvalue weighted by atomic mass is 32.2. The van der Waals surface area contributed by atoms with Crippen LogP contribution in [-0.4, -0.2) is 32.8 Å². The second-order valence-electron chi connectivity index (χ2n) is 2.08. The van der Waals surface area contributed by atoms with Gasteiger partial charge in [-0.3, -0.25) is 4.99 Å². The van der Waals surface area contributed by atoms with E-state index >= 15 is 0 Å². The summed E-state index contributed by atoms with van der Waals surface area (Å²) in [5, 5.41) is 9.99. The average molecular weight is 185 g/mol. The zero-order valence-corrected chi connectivity index (χ0v) is 7.88. The maximum atomic E-state index is 9.24. The minimum absolute atomic E-state index is 0.504. The maximum absolute atomic E-state index is 9.24. The Kier molecular flexibility index (Phi) is 3.16. The summed E-state index contributed by atoms with van der Waals surface area (Å²) >= 11 is 1.47. The third-order valence-corrected chi connectivity index (χ3v) is 2.01. The summed E-state index contributed by atoms with van der Waals surface area (Å²) in [4.78, 5) is 8.15. The van der Waals surface area contributed by atoms with Gasteiger partial charge in [0.25, 0.3) is 0 Å². The van der Waals surface area contributed by atoms with Gasteiger partial charge in [-0.05, 0) is 13.2 Å². The van der Waals surface area contributed by atoms with E-state index in [1.165, 1.54) is 24.2 Å². The van der Waals surface area contributed by atoms with E-state index in [0.29, 0.717) is 12.4 Å². The topological polar surface area (TPSA) is 50.4 Å². The molecule has 0 radical (unpaired) electrons. The van der Waals surface area contributed by atoms with Gasteiger partial charge in [0.05, 0.1) is 6.20 Å². The number of imidazole rings is 1. The summed E-state index contributed by atoms with van der Waals surface area (Å²) < 4.78 is 0.977. The molecule has 1 aromatic heterocycles. The molecule has 1 aromatic rings. The van der Waals surface area contributed by atoms with Crippen LogP contribution in [0.25, 0.3) is 0 Å². The van der Waals surface area contributed by atoms with Gasteiger partial charge in [0.1, 0.15) is 5.04 Å². The standard InChI is InChI=1S/C7H11N3OS/c1-3-8-7(12-2)6-9-4-5-10(6)11/h4-5,11H,3H2,1-2H3. The molecule has 1 rings (SSSR count). The van der Waals surface area contributed by atoms with Crippen molar-refractivity contribution in [3.05, 3.63) is 18.2 Å². The molecule has 5 heteroatoms. The molecule has 0 bridgehead atoms. The van der Waals surface area contributed by atoms with Crippen LogP contribution in [-0.2, 0) is 0 Å². The lowest BCUT2D eigenvalue weighted by Crippen LogP contribution is -2.05. The first kappa shape index (κ1) is 9.12. The van der Waals surface area contributed by atoms with Gasteiger partial charge in [-0.2, -0.15) is 4.73 Å². The summed E-state index contributed by atoms with van der Waals surface area (Å²) in [5.74, 6) is 0.504. The second-order valence-corrected chi connectivity index (χ2v) is 2.87. The predicted molar refractivity (Wildman–Crippen MR) is 50.0 cm³/mol. The maximum Gasteiger partial charge on any atom is 0.200 e. The molecule has 0 spiro atoms. The van der Waals surface area contributed by atoms with E-state index in [2.05, 4.69) is 9.98 Å². The van der Waals surface area contributed by atoms with Crippen molar-refractivity contribution in [2.24, 2.45) is 4.99 Å². The van der Waals surface area contributed by atoms with Gasteiger partial charge in [-0.15, -0.1) is 11.8 Å². The zero-order chi connectivity index (χ0) is 8.97. The van der Waals surface area contributed by atoms with Crippen LogP contribution in [0.3, 0.4) is 0 Å². The molecule has 1 N–H and O–H groups in total. The van der Waals surface area contributed by atoms with Crippen LogP contribution >= 0.6 is 11.8 Å². The van der Waals surface area contributed by atoms with E-state index in [9.17, 15) is 5.21 Å². The fourth-order valence-electron chi connectivity index (χ4n) is 0.820. The molecule has 0 aliphatic carbocycles. The molecule has 0 atom stereocenters. The third-order valence-electron chi connectivity index (χ3n) is 1.31. The van der Waals surface area contributed by atoms with Crippen LogP contribution in [0.4, 0.5) is 0 Å². The van der Waals surface area contributed by atoms with Crippen LogP contribution in [0.15, 0.2) is 17.4 Å². The molecular weight excluding hydrogens is 174 g/mol. The monoisotopic (exact) mass is 185 g/mol. The van der Waals surface area contributed by atoms with E-state index < -0.39 is 0 Å². The summed E-state index contributed by atoms with van der Waals surface area (Å²) in [6, 6.07) is 0. The van der Waals surface area contributed by atoms with Gasteiger partial charge < -0.3 is 5.21 Å². The van der Waals surface area contributed by atoms with E-state index in [1.54, 1.807) is 0 Å². The number of hydrogen-bond donors (Lipinski definition) is 1. The van der Waals surface area contributed by atoms with Gasteiger partial charge in [0.15, 0.2) is 5.82 Å². The lowest BCUT2D eigenvalue weighted by molar-refractivity contribution is 0.184. The van der Waals surface area contributed by atoms with E-state index in [0.717, 1.165) is 9.77 Å². The number of aromatic nitrogens is 2. The zero-order valence-electron chi connectivity index (χ0n) is 7.06. The number of nitrogens with zero attached hydrogens (tertiary/aromatic N) is 3. The van der Waals surface area contributed by atoms with Crippen molar-refractivity contribution in [3.63, 3.8) is 0 Å². The molecule has 0 fully saturated rings. The van der Waals surface area contributed by atoms with Crippen LogP contribution in [0, 0.1) is 0 Å². The van der Waals surface area contributed by atoms with Crippen molar-refractivity contribution < 1.29 is 5.21 Å². The number of aliphatic imine (C=N–C) groups is 1. The Morgan fingerprint density at radius 3 is 3.00 bits per heavy atom. The minimum atomic E-state index is 0.504. The molecule has 1 heterocycles. The normalized spacial score (nSPS) is 12.0. The molecule has 0 aromatic carbocycles. The summed E-state index contributed by atoms with van der Waals surface area (Å²) in [7, 11) is 0.